The van der Waals surface area contributed by atoms with E-state index in [0.717, 1.165) is 13.0 Å². The Bertz CT molecular complexity index is 625. The fraction of sp³-hybridized carbons (Fsp3) is 0.267. The van der Waals surface area contributed by atoms with Crippen LogP contribution in [-0.4, -0.2) is 24.2 Å². The van der Waals surface area contributed by atoms with Gasteiger partial charge in [-0.3, -0.25) is 4.98 Å². The van der Waals surface area contributed by atoms with Crippen LogP contribution in [0, 0.1) is 0 Å². The normalized spacial score (nSPS) is 19.3. The third-order valence-electron chi connectivity index (χ3n) is 4.03. The Morgan fingerprint density at radius 2 is 2.00 bits per heavy atom. The summed E-state index contributed by atoms with van der Waals surface area (Å²) in [6.45, 7) is 1.56. The summed E-state index contributed by atoms with van der Waals surface area (Å²) in [4.78, 5) is 9.08. The predicted octanol–water partition coefficient (Wildman–Crippen LogP) is 1.88. The Balaban J connectivity index is 1.87. The minimum Gasteiger partial charge on any atom is -0.348 e. The molecule has 0 radical (unpaired) electrons. The summed E-state index contributed by atoms with van der Waals surface area (Å²) in [5.74, 6) is 0. The van der Waals surface area contributed by atoms with Gasteiger partial charge in [0.05, 0.1) is 23.3 Å². The first-order chi connectivity index (χ1) is 9.40. The lowest BCUT2D eigenvalue weighted by Crippen LogP contribution is -2.41. The van der Waals surface area contributed by atoms with Gasteiger partial charge in [0, 0.05) is 25.7 Å². The Labute approximate surface area is 112 Å². The van der Waals surface area contributed by atoms with Gasteiger partial charge in [-0.2, -0.15) is 0 Å². The van der Waals surface area contributed by atoms with Gasteiger partial charge in [-0.25, -0.2) is 0 Å². The van der Waals surface area contributed by atoms with E-state index in [1.165, 1.54) is 22.6 Å². The molecule has 96 valence electrons. The molecule has 4 nitrogen and oxygen atoms in total. The van der Waals surface area contributed by atoms with Gasteiger partial charge in [0.15, 0.2) is 0 Å². The largest absolute Gasteiger partial charge is 0.348 e. The van der Waals surface area contributed by atoms with Crippen LogP contribution in [0.1, 0.15) is 5.56 Å². The Kier molecular flexibility index (Phi) is 2.26. The summed E-state index contributed by atoms with van der Waals surface area (Å²) in [7, 11) is 0. The monoisotopic (exact) mass is 252 g/mol. The van der Waals surface area contributed by atoms with Gasteiger partial charge in [0.1, 0.15) is 6.17 Å². The number of benzene rings is 1. The lowest BCUT2D eigenvalue weighted by molar-refractivity contribution is 0.652. The Hall–Kier alpha value is -2.07. The molecule has 4 heteroatoms. The number of rotatable bonds is 2. The van der Waals surface area contributed by atoms with Crippen molar-refractivity contribution in [1.82, 2.24) is 4.98 Å². The molecule has 0 saturated carbocycles. The van der Waals surface area contributed by atoms with Gasteiger partial charge in [0.25, 0.3) is 0 Å². The first kappa shape index (κ1) is 10.8. The van der Waals surface area contributed by atoms with Crippen molar-refractivity contribution in [2.45, 2.75) is 12.6 Å². The van der Waals surface area contributed by atoms with Crippen LogP contribution in [0.3, 0.4) is 0 Å². The van der Waals surface area contributed by atoms with Gasteiger partial charge < -0.3 is 15.5 Å². The van der Waals surface area contributed by atoms with E-state index >= 15 is 0 Å². The number of pyridine rings is 1. The number of aromatic nitrogens is 1. The molecule has 2 N–H and O–H groups in total. The molecule has 4 rings (SSSR count). The second kappa shape index (κ2) is 3.96. The standard InChI is InChI=1S/C15H16N4/c16-6-8-18-12-3-1-2-4-13(12)19-14-10-17-7-5-11(14)9-15(18)19/h1-5,7,10,15H,6,8-9,16H2. The van der Waals surface area contributed by atoms with Crippen molar-refractivity contribution in [2.75, 3.05) is 22.9 Å². The first-order valence-electron chi connectivity index (χ1n) is 6.68. The van der Waals surface area contributed by atoms with Crippen LogP contribution < -0.4 is 15.5 Å². The van der Waals surface area contributed by atoms with Crippen molar-refractivity contribution in [3.63, 3.8) is 0 Å². The second-order valence-electron chi connectivity index (χ2n) is 5.03. The molecule has 3 heterocycles. The van der Waals surface area contributed by atoms with Crippen LogP contribution in [0.2, 0.25) is 0 Å². The fourth-order valence-corrected chi connectivity index (χ4v) is 3.27. The predicted molar refractivity (Wildman–Crippen MR) is 76.7 cm³/mol. The highest BCUT2D eigenvalue weighted by Gasteiger charge is 2.41. The molecule has 1 aromatic heterocycles. The molecule has 0 amide bonds. The van der Waals surface area contributed by atoms with E-state index in [1.807, 2.05) is 12.4 Å². The van der Waals surface area contributed by atoms with Crippen molar-refractivity contribution >= 4 is 17.1 Å². The summed E-state index contributed by atoms with van der Waals surface area (Å²) < 4.78 is 0. The molecule has 2 aliphatic heterocycles. The van der Waals surface area contributed by atoms with Crippen molar-refractivity contribution in [3.8, 4) is 0 Å². The number of nitrogens with zero attached hydrogens (tertiary/aromatic N) is 3. The van der Waals surface area contributed by atoms with Crippen LogP contribution in [0.4, 0.5) is 17.1 Å². The highest BCUT2D eigenvalue weighted by molar-refractivity contribution is 5.86. The minimum atomic E-state index is 0.361. The molecule has 2 aromatic rings. The van der Waals surface area contributed by atoms with Gasteiger partial charge >= 0.3 is 0 Å². The van der Waals surface area contributed by atoms with E-state index in [2.05, 4.69) is 45.1 Å². The summed E-state index contributed by atoms with van der Waals surface area (Å²) in [6.07, 6.45) is 5.24. The molecule has 0 aliphatic carbocycles. The smallest absolute Gasteiger partial charge is 0.111 e. The van der Waals surface area contributed by atoms with E-state index in [9.17, 15) is 0 Å². The third-order valence-corrected chi connectivity index (χ3v) is 4.03. The molecule has 1 unspecified atom stereocenters. The molecular formula is C15H16N4. The van der Waals surface area contributed by atoms with Gasteiger partial charge in [-0.05, 0) is 23.8 Å². The van der Waals surface area contributed by atoms with Crippen LogP contribution >= 0.6 is 0 Å². The average Bonchev–Trinajstić information content (AvgIpc) is 2.96. The van der Waals surface area contributed by atoms with Gasteiger partial charge in [-0.1, -0.05) is 12.1 Å². The molecule has 19 heavy (non-hydrogen) atoms. The van der Waals surface area contributed by atoms with Crippen molar-refractivity contribution < 1.29 is 0 Å². The number of hydrogen-bond acceptors (Lipinski definition) is 4. The topological polar surface area (TPSA) is 45.4 Å². The number of para-hydroxylation sites is 2. The van der Waals surface area contributed by atoms with Crippen LogP contribution in [0.15, 0.2) is 42.7 Å². The number of fused-ring (bicyclic) bond motifs is 5. The Morgan fingerprint density at radius 3 is 2.84 bits per heavy atom. The Morgan fingerprint density at radius 1 is 1.16 bits per heavy atom. The van der Waals surface area contributed by atoms with Crippen molar-refractivity contribution in [3.05, 3.63) is 48.3 Å². The summed E-state index contributed by atoms with van der Waals surface area (Å²) in [5, 5.41) is 0. The molecule has 0 saturated heterocycles. The molecule has 1 aromatic carbocycles. The zero-order valence-corrected chi connectivity index (χ0v) is 10.7. The fourth-order valence-electron chi connectivity index (χ4n) is 3.27. The van der Waals surface area contributed by atoms with E-state index in [-0.39, 0.29) is 0 Å². The second-order valence-corrected chi connectivity index (χ2v) is 5.03. The maximum Gasteiger partial charge on any atom is 0.111 e. The highest BCUT2D eigenvalue weighted by atomic mass is 15.4. The zero-order chi connectivity index (χ0) is 12.8. The van der Waals surface area contributed by atoms with Crippen molar-refractivity contribution in [2.24, 2.45) is 5.73 Å². The van der Waals surface area contributed by atoms with E-state index in [4.69, 9.17) is 5.73 Å². The van der Waals surface area contributed by atoms with E-state index < -0.39 is 0 Å². The summed E-state index contributed by atoms with van der Waals surface area (Å²) in [5.41, 5.74) is 10.9. The maximum atomic E-state index is 5.78. The van der Waals surface area contributed by atoms with E-state index in [1.54, 1.807) is 0 Å². The maximum absolute atomic E-state index is 5.78. The van der Waals surface area contributed by atoms with Crippen LogP contribution in [0.5, 0.6) is 0 Å². The quantitative estimate of drug-likeness (QED) is 0.886. The van der Waals surface area contributed by atoms with Crippen molar-refractivity contribution in [1.29, 1.82) is 0 Å². The first-order valence-corrected chi connectivity index (χ1v) is 6.68. The summed E-state index contributed by atoms with van der Waals surface area (Å²) >= 11 is 0. The summed E-state index contributed by atoms with van der Waals surface area (Å²) in [6, 6.07) is 10.7. The van der Waals surface area contributed by atoms with E-state index in [0.29, 0.717) is 12.7 Å². The molecule has 2 aliphatic rings. The minimum absolute atomic E-state index is 0.361. The van der Waals surface area contributed by atoms with Gasteiger partial charge in [-0.15, -0.1) is 0 Å². The van der Waals surface area contributed by atoms with Crippen LogP contribution in [0.25, 0.3) is 0 Å². The molecule has 0 spiro atoms. The van der Waals surface area contributed by atoms with Gasteiger partial charge in [0.2, 0.25) is 0 Å². The SMILES string of the molecule is NCCN1c2ccccc2N2c3cnccc3CC12. The number of anilines is 3. The number of hydrogen-bond donors (Lipinski definition) is 1. The zero-order valence-electron chi connectivity index (χ0n) is 10.7. The lowest BCUT2D eigenvalue weighted by Gasteiger charge is -2.27. The molecular weight excluding hydrogens is 236 g/mol. The lowest BCUT2D eigenvalue weighted by atomic mass is 10.1. The highest BCUT2D eigenvalue weighted by Crippen LogP contribution is 2.49. The average molecular weight is 252 g/mol. The molecule has 0 bridgehead atoms. The molecule has 1 atom stereocenters. The third kappa shape index (κ3) is 1.40. The molecule has 0 fully saturated rings. The number of nitrogens with two attached hydrogens (primary N) is 1. The van der Waals surface area contributed by atoms with Crippen LogP contribution in [-0.2, 0) is 6.42 Å².